The topological polar surface area (TPSA) is 50.8 Å². The van der Waals surface area contributed by atoms with E-state index in [9.17, 15) is 9.18 Å². The fraction of sp³-hybridized carbons (Fsp3) is 0.423. The Balaban J connectivity index is 1.47. The number of anilines is 1. The summed E-state index contributed by atoms with van der Waals surface area (Å²) in [6.45, 7) is 4.81. The minimum atomic E-state index is -0.451. The molecule has 1 saturated heterocycles. The number of benzene rings is 2. The molecular weight excluding hydrogens is 475 g/mol. The molecule has 0 amide bonds. The molecule has 1 saturated carbocycles. The van der Waals surface area contributed by atoms with E-state index in [1.165, 1.54) is 32.4 Å². The minimum absolute atomic E-state index is 0.0651. The summed E-state index contributed by atoms with van der Waals surface area (Å²) < 4.78 is 26.3. The zero-order valence-corrected chi connectivity index (χ0v) is 20.9. The Labute approximate surface area is 207 Å². The molecule has 3 aromatic rings. The summed E-state index contributed by atoms with van der Waals surface area (Å²) in [5.74, 6) is -0.841. The van der Waals surface area contributed by atoms with Gasteiger partial charge in [-0.3, -0.25) is 0 Å². The van der Waals surface area contributed by atoms with Gasteiger partial charge in [0.05, 0.1) is 36.1 Å². The van der Waals surface area contributed by atoms with Gasteiger partial charge in [0.1, 0.15) is 5.82 Å². The Morgan fingerprint density at radius 2 is 2.15 bits per heavy atom. The molecular formula is C26H28ClFN2O3S. The highest BCUT2D eigenvalue weighted by Crippen LogP contribution is 2.41. The first kappa shape index (κ1) is 23.5. The second-order valence-corrected chi connectivity index (χ2v) is 10.7. The third kappa shape index (κ3) is 4.54. The number of methoxy groups -OCH3 is 1. The van der Waals surface area contributed by atoms with Gasteiger partial charge in [0.2, 0.25) is 0 Å². The maximum Gasteiger partial charge on any atom is 0.339 e. The second kappa shape index (κ2) is 9.82. The number of nitrogens with one attached hydrogen (secondary N) is 1. The van der Waals surface area contributed by atoms with Crippen molar-refractivity contribution >= 4 is 44.7 Å². The van der Waals surface area contributed by atoms with Gasteiger partial charge in [-0.1, -0.05) is 24.1 Å². The molecule has 8 heteroatoms. The van der Waals surface area contributed by atoms with Crippen molar-refractivity contribution in [2.24, 2.45) is 0 Å². The van der Waals surface area contributed by atoms with Crippen molar-refractivity contribution in [1.82, 2.24) is 5.32 Å². The van der Waals surface area contributed by atoms with E-state index in [0.717, 1.165) is 38.3 Å². The Morgan fingerprint density at radius 3 is 2.88 bits per heavy atom. The average molecular weight is 503 g/mol. The Morgan fingerprint density at radius 1 is 1.32 bits per heavy atom. The van der Waals surface area contributed by atoms with Crippen LogP contribution in [0.15, 0.2) is 30.3 Å². The summed E-state index contributed by atoms with van der Waals surface area (Å²) in [6, 6.07) is 9.57. The molecule has 2 heterocycles. The number of halogens is 2. The third-order valence-corrected chi connectivity index (χ3v) is 8.17. The van der Waals surface area contributed by atoms with Crippen LogP contribution in [0.2, 0.25) is 5.02 Å². The van der Waals surface area contributed by atoms with E-state index in [4.69, 9.17) is 21.1 Å². The van der Waals surface area contributed by atoms with Crippen molar-refractivity contribution in [3.8, 4) is 11.1 Å². The van der Waals surface area contributed by atoms with Gasteiger partial charge in [-0.15, -0.1) is 11.3 Å². The Hall–Kier alpha value is -2.19. The van der Waals surface area contributed by atoms with Crippen molar-refractivity contribution in [1.29, 1.82) is 0 Å². The highest BCUT2D eigenvalue weighted by Gasteiger charge is 2.27. The van der Waals surface area contributed by atoms with Gasteiger partial charge in [0.15, 0.2) is 0 Å². The zero-order chi connectivity index (χ0) is 23.8. The van der Waals surface area contributed by atoms with E-state index in [1.54, 1.807) is 17.4 Å². The highest BCUT2D eigenvalue weighted by atomic mass is 35.5. The average Bonchev–Trinajstić information content (AvgIpc) is 3.12. The van der Waals surface area contributed by atoms with Crippen LogP contribution in [0.5, 0.6) is 0 Å². The first-order chi connectivity index (χ1) is 16.4. The molecule has 2 aliphatic rings. The number of ether oxygens (including phenoxy) is 2. The number of fused-ring (bicyclic) bond motifs is 1. The number of nitrogens with zero attached hydrogens (tertiary/aromatic N) is 1. The van der Waals surface area contributed by atoms with Gasteiger partial charge >= 0.3 is 5.97 Å². The number of esters is 1. The van der Waals surface area contributed by atoms with Crippen molar-refractivity contribution in [3.05, 3.63) is 51.6 Å². The van der Waals surface area contributed by atoms with Crippen molar-refractivity contribution in [2.75, 3.05) is 38.3 Å². The van der Waals surface area contributed by atoms with Crippen molar-refractivity contribution < 1.29 is 18.7 Å². The monoisotopic (exact) mass is 502 g/mol. The standard InChI is InChI=1S/C26H28ClFN2O3S/c1-15-25(20-11-22(28)21(27)12-24(20)34-15)16-6-7-23(19(10-16)26(31)32-2)30-8-9-33-18(14-30)13-29-17-4-3-5-17/h6-7,10-12,17-18,29H,3-5,8-9,13-14H2,1-2H3/t18-/m1/s1. The molecule has 180 valence electrons. The van der Waals surface area contributed by atoms with E-state index < -0.39 is 5.82 Å². The number of carbonyl (C=O) groups excluding carboxylic acids is 1. The largest absolute Gasteiger partial charge is 0.465 e. The molecule has 0 bridgehead atoms. The molecule has 5 nitrogen and oxygen atoms in total. The van der Waals surface area contributed by atoms with E-state index in [0.29, 0.717) is 31.3 Å². The smallest absolute Gasteiger partial charge is 0.339 e. The maximum absolute atomic E-state index is 14.3. The van der Waals surface area contributed by atoms with Crippen LogP contribution in [-0.4, -0.2) is 51.5 Å². The molecule has 34 heavy (non-hydrogen) atoms. The van der Waals surface area contributed by atoms with Crippen molar-refractivity contribution in [2.45, 2.75) is 38.3 Å². The molecule has 0 spiro atoms. The van der Waals surface area contributed by atoms with Crippen molar-refractivity contribution in [3.63, 3.8) is 0 Å². The Bertz CT molecular complexity index is 1230. The lowest BCUT2D eigenvalue weighted by molar-refractivity contribution is 0.0369. The van der Waals surface area contributed by atoms with Crippen LogP contribution in [0, 0.1) is 12.7 Å². The lowest BCUT2D eigenvalue weighted by Crippen LogP contribution is -2.49. The number of morpholine rings is 1. The Kier molecular flexibility index (Phi) is 6.80. The molecule has 1 N–H and O–H groups in total. The molecule has 0 unspecified atom stereocenters. The van der Waals surface area contributed by atoms with Crippen LogP contribution in [0.3, 0.4) is 0 Å². The number of hydrogen-bond acceptors (Lipinski definition) is 6. The number of aryl methyl sites for hydroxylation is 1. The molecule has 1 aromatic heterocycles. The first-order valence-electron chi connectivity index (χ1n) is 11.7. The first-order valence-corrected chi connectivity index (χ1v) is 12.8. The second-order valence-electron chi connectivity index (χ2n) is 8.99. The summed E-state index contributed by atoms with van der Waals surface area (Å²) >= 11 is 7.56. The number of thiophene rings is 1. The van der Waals surface area contributed by atoms with Crippen LogP contribution in [0.25, 0.3) is 21.2 Å². The lowest BCUT2D eigenvalue weighted by Gasteiger charge is -2.37. The maximum atomic E-state index is 14.3. The van der Waals surface area contributed by atoms with Crippen LogP contribution in [-0.2, 0) is 9.47 Å². The zero-order valence-electron chi connectivity index (χ0n) is 19.3. The summed E-state index contributed by atoms with van der Waals surface area (Å²) in [6.07, 6.45) is 3.83. The van der Waals surface area contributed by atoms with E-state index in [2.05, 4.69) is 10.2 Å². The van der Waals surface area contributed by atoms with E-state index in [-0.39, 0.29) is 17.1 Å². The molecule has 1 aliphatic heterocycles. The van der Waals surface area contributed by atoms with Crippen LogP contribution >= 0.6 is 22.9 Å². The molecule has 1 aliphatic carbocycles. The summed E-state index contributed by atoms with van der Waals surface area (Å²) in [4.78, 5) is 16.1. The minimum Gasteiger partial charge on any atom is -0.465 e. The summed E-state index contributed by atoms with van der Waals surface area (Å²) in [5, 5.41) is 4.49. The lowest BCUT2D eigenvalue weighted by atomic mass is 9.93. The summed E-state index contributed by atoms with van der Waals surface area (Å²) in [7, 11) is 1.39. The van der Waals surface area contributed by atoms with Gasteiger partial charge in [-0.2, -0.15) is 0 Å². The predicted octanol–water partition coefficient (Wildman–Crippen LogP) is 5.80. The van der Waals surface area contributed by atoms with Crippen LogP contribution in [0.1, 0.15) is 34.5 Å². The normalized spacial score (nSPS) is 18.8. The quantitative estimate of drug-likeness (QED) is 0.431. The van der Waals surface area contributed by atoms with Crippen LogP contribution < -0.4 is 10.2 Å². The number of carbonyl (C=O) groups is 1. The van der Waals surface area contributed by atoms with Gasteiger partial charge in [0, 0.05) is 46.2 Å². The number of hydrogen-bond donors (Lipinski definition) is 1. The van der Waals surface area contributed by atoms with Crippen LogP contribution in [0.4, 0.5) is 10.1 Å². The van der Waals surface area contributed by atoms with Gasteiger partial charge in [0.25, 0.3) is 0 Å². The number of rotatable bonds is 6. The summed E-state index contributed by atoms with van der Waals surface area (Å²) in [5.41, 5.74) is 3.10. The fourth-order valence-corrected chi connectivity index (χ4v) is 6.12. The molecule has 0 radical (unpaired) electrons. The van der Waals surface area contributed by atoms with Gasteiger partial charge in [-0.25, -0.2) is 9.18 Å². The van der Waals surface area contributed by atoms with Gasteiger partial charge < -0.3 is 19.7 Å². The van der Waals surface area contributed by atoms with Gasteiger partial charge in [-0.05, 0) is 49.6 Å². The predicted molar refractivity (Wildman–Crippen MR) is 136 cm³/mol. The highest BCUT2D eigenvalue weighted by molar-refractivity contribution is 7.19. The molecule has 2 fully saturated rings. The SMILES string of the molecule is COC(=O)c1cc(-c2c(C)sc3cc(Cl)c(F)cc23)ccc1N1CCO[C@H](CNC2CCC2)C1. The third-order valence-electron chi connectivity index (χ3n) is 6.82. The van der Waals surface area contributed by atoms with E-state index in [1.807, 2.05) is 25.1 Å². The fourth-order valence-electron chi connectivity index (χ4n) is 4.79. The van der Waals surface area contributed by atoms with E-state index >= 15 is 0 Å². The molecule has 2 aromatic carbocycles. The molecule has 1 atom stereocenters. The molecule has 5 rings (SSSR count).